The first-order chi connectivity index (χ1) is 7.25. The average Bonchev–Trinajstić information content (AvgIpc) is 2.70. The fourth-order valence-electron chi connectivity index (χ4n) is 1.36. The van der Waals surface area contributed by atoms with Gasteiger partial charge in [-0.15, -0.1) is 11.3 Å². The fourth-order valence-corrected chi connectivity index (χ4v) is 2.47. The normalized spacial score (nSPS) is 10.2. The van der Waals surface area contributed by atoms with Gasteiger partial charge in [0.25, 0.3) is 0 Å². The summed E-state index contributed by atoms with van der Waals surface area (Å²) in [5.41, 5.74) is 1.04. The van der Waals surface area contributed by atoms with E-state index in [0.29, 0.717) is 6.42 Å². The zero-order chi connectivity index (χ0) is 10.7. The highest BCUT2D eigenvalue weighted by Crippen LogP contribution is 2.16. The molecule has 0 N–H and O–H groups in total. The lowest BCUT2D eigenvalue weighted by Gasteiger charge is -1.99. The average molecular weight is 281 g/mol. The second kappa shape index (κ2) is 4.73. The molecule has 1 aromatic heterocycles. The minimum atomic E-state index is 0.183. The molecule has 0 aliphatic heterocycles. The summed E-state index contributed by atoms with van der Waals surface area (Å²) in [6, 6.07) is 11.6. The summed E-state index contributed by atoms with van der Waals surface area (Å²) >= 11 is 4.89. The van der Waals surface area contributed by atoms with Crippen LogP contribution in [0.5, 0.6) is 0 Å². The number of rotatable bonds is 3. The van der Waals surface area contributed by atoms with Gasteiger partial charge < -0.3 is 0 Å². The van der Waals surface area contributed by atoms with Gasteiger partial charge in [0.1, 0.15) is 0 Å². The minimum Gasteiger partial charge on any atom is -0.293 e. The molecule has 3 heteroatoms. The maximum atomic E-state index is 11.8. The van der Waals surface area contributed by atoms with Crippen LogP contribution in [0.4, 0.5) is 0 Å². The minimum absolute atomic E-state index is 0.183. The molecule has 0 unspecified atom stereocenters. The second-order valence-corrected chi connectivity index (χ2v) is 5.07. The van der Waals surface area contributed by atoms with E-state index in [0.717, 1.165) is 14.9 Å². The van der Waals surface area contributed by atoms with Gasteiger partial charge in [0.15, 0.2) is 5.78 Å². The van der Waals surface area contributed by atoms with Crippen LogP contribution in [-0.2, 0) is 6.42 Å². The maximum absolute atomic E-state index is 11.8. The topological polar surface area (TPSA) is 17.1 Å². The van der Waals surface area contributed by atoms with E-state index in [2.05, 4.69) is 15.9 Å². The third-order valence-corrected chi connectivity index (χ3v) is 3.45. The molecule has 0 atom stereocenters. The van der Waals surface area contributed by atoms with Gasteiger partial charge in [0, 0.05) is 10.9 Å². The van der Waals surface area contributed by atoms with E-state index < -0.39 is 0 Å². The van der Waals surface area contributed by atoms with Crippen molar-refractivity contribution >= 4 is 33.0 Å². The molecule has 1 nitrogen and oxygen atoms in total. The Morgan fingerprint density at radius 1 is 1.27 bits per heavy atom. The van der Waals surface area contributed by atoms with Crippen molar-refractivity contribution in [2.75, 3.05) is 0 Å². The van der Waals surface area contributed by atoms with Crippen molar-refractivity contribution in [2.45, 2.75) is 6.42 Å². The number of benzene rings is 1. The van der Waals surface area contributed by atoms with Gasteiger partial charge in [-0.05, 0) is 29.1 Å². The van der Waals surface area contributed by atoms with Crippen LogP contribution in [0.1, 0.15) is 15.2 Å². The van der Waals surface area contributed by atoms with Crippen LogP contribution in [-0.4, -0.2) is 5.78 Å². The van der Waals surface area contributed by atoms with Crippen LogP contribution in [0.3, 0.4) is 0 Å². The Bertz CT molecular complexity index is 462. The third-order valence-electron chi connectivity index (χ3n) is 2.05. The molecule has 0 radical (unpaired) electrons. The summed E-state index contributed by atoms with van der Waals surface area (Å²) < 4.78 is 1.01. The fraction of sp³-hybridized carbons (Fsp3) is 0.0833. The Balaban J connectivity index is 2.13. The summed E-state index contributed by atoms with van der Waals surface area (Å²) in [4.78, 5) is 12.6. The van der Waals surface area contributed by atoms with Crippen molar-refractivity contribution in [3.63, 3.8) is 0 Å². The predicted molar refractivity (Wildman–Crippen MR) is 66.5 cm³/mol. The summed E-state index contributed by atoms with van der Waals surface area (Å²) in [7, 11) is 0. The number of ketones is 1. The first-order valence-electron chi connectivity index (χ1n) is 4.57. The SMILES string of the molecule is O=C(Cc1cccc(Br)c1)c1cccs1. The van der Waals surface area contributed by atoms with E-state index in [1.165, 1.54) is 11.3 Å². The molecule has 15 heavy (non-hydrogen) atoms. The highest BCUT2D eigenvalue weighted by atomic mass is 79.9. The number of carbonyl (C=O) groups is 1. The summed E-state index contributed by atoms with van der Waals surface area (Å²) in [6.07, 6.45) is 0.472. The highest BCUT2D eigenvalue weighted by molar-refractivity contribution is 9.10. The maximum Gasteiger partial charge on any atom is 0.177 e. The molecule has 0 saturated carbocycles. The van der Waals surface area contributed by atoms with Gasteiger partial charge in [-0.1, -0.05) is 34.1 Å². The number of carbonyl (C=O) groups excluding carboxylic acids is 1. The standard InChI is InChI=1S/C12H9BrOS/c13-10-4-1-3-9(7-10)8-11(14)12-5-2-6-15-12/h1-7H,8H2. The van der Waals surface area contributed by atoms with E-state index in [1.54, 1.807) is 0 Å². The Hall–Kier alpha value is -0.930. The first-order valence-corrected chi connectivity index (χ1v) is 6.24. The van der Waals surface area contributed by atoms with Crippen LogP contribution in [0.25, 0.3) is 0 Å². The van der Waals surface area contributed by atoms with E-state index in [9.17, 15) is 4.79 Å². The lowest BCUT2D eigenvalue weighted by Crippen LogP contribution is -2.00. The second-order valence-electron chi connectivity index (χ2n) is 3.21. The van der Waals surface area contributed by atoms with Crippen molar-refractivity contribution in [1.29, 1.82) is 0 Å². The molecule has 0 amide bonds. The molecular formula is C12H9BrOS. The number of hydrogen-bond donors (Lipinski definition) is 0. The lowest BCUT2D eigenvalue weighted by molar-refractivity contribution is 0.0997. The van der Waals surface area contributed by atoms with Crippen molar-refractivity contribution in [2.24, 2.45) is 0 Å². The lowest BCUT2D eigenvalue weighted by atomic mass is 10.1. The highest BCUT2D eigenvalue weighted by Gasteiger charge is 2.07. The van der Waals surface area contributed by atoms with Gasteiger partial charge in [0.2, 0.25) is 0 Å². The Labute approximate surface area is 101 Å². The molecule has 0 bridgehead atoms. The van der Waals surface area contributed by atoms with Gasteiger partial charge in [0.05, 0.1) is 4.88 Å². The summed E-state index contributed by atoms with van der Waals surface area (Å²) in [5, 5.41) is 1.92. The summed E-state index contributed by atoms with van der Waals surface area (Å²) in [5.74, 6) is 0.183. The monoisotopic (exact) mass is 280 g/mol. The molecule has 76 valence electrons. The van der Waals surface area contributed by atoms with Crippen LogP contribution in [0.2, 0.25) is 0 Å². The Morgan fingerprint density at radius 3 is 2.80 bits per heavy atom. The predicted octanol–water partition coefficient (Wildman–Crippen LogP) is 3.94. The molecule has 1 heterocycles. The quantitative estimate of drug-likeness (QED) is 0.779. The van der Waals surface area contributed by atoms with Gasteiger partial charge in [-0.25, -0.2) is 0 Å². The van der Waals surface area contributed by atoms with Gasteiger partial charge >= 0.3 is 0 Å². The first kappa shape index (κ1) is 10.6. The van der Waals surface area contributed by atoms with Gasteiger partial charge in [-0.3, -0.25) is 4.79 Å². The number of halogens is 1. The van der Waals surface area contributed by atoms with E-state index in [-0.39, 0.29) is 5.78 Å². The molecule has 0 spiro atoms. The van der Waals surface area contributed by atoms with E-state index in [1.807, 2.05) is 41.8 Å². The number of Topliss-reactive ketones (excluding diaryl/α,β-unsaturated/α-hetero) is 1. The zero-order valence-electron chi connectivity index (χ0n) is 7.94. The molecule has 1 aromatic carbocycles. The molecule has 0 aliphatic carbocycles. The molecule has 0 aliphatic rings. The zero-order valence-corrected chi connectivity index (χ0v) is 10.3. The smallest absolute Gasteiger partial charge is 0.177 e. The van der Waals surface area contributed by atoms with Crippen LogP contribution in [0.15, 0.2) is 46.3 Å². The molecular weight excluding hydrogens is 272 g/mol. The molecule has 0 saturated heterocycles. The van der Waals surface area contributed by atoms with Gasteiger partial charge in [-0.2, -0.15) is 0 Å². The molecule has 2 aromatic rings. The van der Waals surface area contributed by atoms with Crippen LogP contribution >= 0.6 is 27.3 Å². The van der Waals surface area contributed by atoms with E-state index >= 15 is 0 Å². The van der Waals surface area contributed by atoms with Crippen molar-refractivity contribution in [3.8, 4) is 0 Å². The molecule has 0 fully saturated rings. The van der Waals surface area contributed by atoms with Crippen molar-refractivity contribution in [3.05, 3.63) is 56.7 Å². The number of thiophene rings is 1. The van der Waals surface area contributed by atoms with Crippen LogP contribution in [0, 0.1) is 0 Å². The third kappa shape index (κ3) is 2.76. The Kier molecular flexibility index (Phi) is 3.34. The summed E-state index contributed by atoms with van der Waals surface area (Å²) in [6.45, 7) is 0. The van der Waals surface area contributed by atoms with Crippen molar-refractivity contribution < 1.29 is 4.79 Å². The molecule has 2 rings (SSSR count). The Morgan fingerprint density at radius 2 is 2.13 bits per heavy atom. The largest absolute Gasteiger partial charge is 0.293 e. The van der Waals surface area contributed by atoms with Crippen molar-refractivity contribution in [1.82, 2.24) is 0 Å². The van der Waals surface area contributed by atoms with Crippen LogP contribution < -0.4 is 0 Å². The van der Waals surface area contributed by atoms with E-state index in [4.69, 9.17) is 0 Å². The number of hydrogen-bond acceptors (Lipinski definition) is 2.